The second kappa shape index (κ2) is 6.26. The maximum atomic E-state index is 4.25. The standard InChI is InChI=1S/C15H19N3S/c1-2-5-13-12(4-1)10-19-11-14(13)16-7-3-6-15-17-8-9-18-15/h1-2,4-5,8-9,14,16H,3,6-7,10-11H2,(H,17,18). The second-order valence-electron chi connectivity index (χ2n) is 4.86. The van der Waals surface area contributed by atoms with Crippen LogP contribution in [0.25, 0.3) is 0 Å². The molecule has 1 atom stereocenters. The van der Waals surface area contributed by atoms with Gasteiger partial charge in [0.1, 0.15) is 5.82 Å². The highest BCUT2D eigenvalue weighted by Crippen LogP contribution is 2.31. The predicted octanol–water partition coefficient (Wildman–Crippen LogP) is 2.92. The predicted molar refractivity (Wildman–Crippen MR) is 80.3 cm³/mol. The molecule has 0 aliphatic carbocycles. The zero-order valence-corrected chi connectivity index (χ0v) is 11.7. The van der Waals surface area contributed by atoms with Crippen LogP contribution in [-0.4, -0.2) is 22.3 Å². The molecular formula is C15H19N3S. The summed E-state index contributed by atoms with van der Waals surface area (Å²) in [5, 5.41) is 3.68. The first-order chi connectivity index (χ1) is 9.43. The smallest absolute Gasteiger partial charge is 0.106 e. The van der Waals surface area contributed by atoms with Crippen LogP contribution in [0.2, 0.25) is 0 Å². The number of hydrogen-bond acceptors (Lipinski definition) is 3. The molecule has 2 heterocycles. The van der Waals surface area contributed by atoms with Gasteiger partial charge in [-0.3, -0.25) is 0 Å². The van der Waals surface area contributed by atoms with Crippen LogP contribution in [0, 0.1) is 0 Å². The van der Waals surface area contributed by atoms with E-state index in [0.717, 1.165) is 31.0 Å². The van der Waals surface area contributed by atoms with Gasteiger partial charge in [0.15, 0.2) is 0 Å². The molecule has 1 aromatic heterocycles. The number of H-pyrrole nitrogens is 1. The summed E-state index contributed by atoms with van der Waals surface area (Å²) in [6.07, 6.45) is 5.84. The van der Waals surface area contributed by atoms with E-state index in [4.69, 9.17) is 0 Å². The average Bonchev–Trinajstić information content (AvgIpc) is 2.97. The Morgan fingerprint density at radius 1 is 1.37 bits per heavy atom. The molecular weight excluding hydrogens is 254 g/mol. The zero-order chi connectivity index (χ0) is 12.9. The first-order valence-corrected chi connectivity index (χ1v) is 7.96. The Bertz CT molecular complexity index is 510. The minimum absolute atomic E-state index is 0.506. The Labute approximate surface area is 118 Å². The number of aryl methyl sites for hydroxylation is 1. The number of rotatable bonds is 5. The highest BCUT2D eigenvalue weighted by Gasteiger charge is 2.18. The van der Waals surface area contributed by atoms with Crippen molar-refractivity contribution in [2.24, 2.45) is 0 Å². The van der Waals surface area contributed by atoms with Gasteiger partial charge in [0.05, 0.1) is 0 Å². The molecule has 0 saturated heterocycles. The fourth-order valence-corrected chi connectivity index (χ4v) is 3.65. The van der Waals surface area contributed by atoms with Crippen molar-refractivity contribution in [2.45, 2.75) is 24.6 Å². The molecule has 1 aromatic carbocycles. The molecule has 2 N–H and O–H groups in total. The molecule has 0 saturated carbocycles. The summed E-state index contributed by atoms with van der Waals surface area (Å²) >= 11 is 2.02. The van der Waals surface area contributed by atoms with Crippen molar-refractivity contribution >= 4 is 11.8 Å². The van der Waals surface area contributed by atoms with Crippen molar-refractivity contribution in [3.8, 4) is 0 Å². The Morgan fingerprint density at radius 2 is 2.32 bits per heavy atom. The number of hydrogen-bond donors (Lipinski definition) is 2. The van der Waals surface area contributed by atoms with E-state index in [0.29, 0.717) is 6.04 Å². The van der Waals surface area contributed by atoms with Crippen LogP contribution >= 0.6 is 11.8 Å². The van der Waals surface area contributed by atoms with Crippen molar-refractivity contribution in [2.75, 3.05) is 12.3 Å². The molecule has 1 aliphatic rings. The first-order valence-electron chi connectivity index (χ1n) is 6.80. The summed E-state index contributed by atoms with van der Waals surface area (Å²) in [5.74, 6) is 3.42. The van der Waals surface area contributed by atoms with Gasteiger partial charge in [-0.25, -0.2) is 4.98 Å². The van der Waals surface area contributed by atoms with Crippen LogP contribution < -0.4 is 5.32 Å². The van der Waals surface area contributed by atoms with E-state index >= 15 is 0 Å². The van der Waals surface area contributed by atoms with Crippen LogP contribution in [0.1, 0.15) is 29.4 Å². The van der Waals surface area contributed by atoms with E-state index in [1.165, 1.54) is 16.9 Å². The molecule has 0 radical (unpaired) electrons. The molecule has 19 heavy (non-hydrogen) atoms. The third kappa shape index (κ3) is 3.19. The number of benzene rings is 1. The van der Waals surface area contributed by atoms with Gasteiger partial charge in [-0.2, -0.15) is 11.8 Å². The lowest BCUT2D eigenvalue weighted by atomic mass is 10.0. The SMILES string of the molecule is c1ccc2c(c1)CSCC2NCCCc1ncc[nH]1. The summed E-state index contributed by atoms with van der Waals surface area (Å²) in [6, 6.07) is 9.30. The molecule has 100 valence electrons. The van der Waals surface area contributed by atoms with E-state index in [1.54, 1.807) is 0 Å². The molecule has 1 aliphatic heterocycles. The molecule has 3 rings (SSSR count). The van der Waals surface area contributed by atoms with Gasteiger partial charge in [-0.15, -0.1) is 0 Å². The first kappa shape index (κ1) is 12.8. The number of imidazole rings is 1. The van der Waals surface area contributed by atoms with E-state index in [2.05, 4.69) is 39.6 Å². The van der Waals surface area contributed by atoms with Crippen LogP contribution in [-0.2, 0) is 12.2 Å². The van der Waals surface area contributed by atoms with Crippen LogP contribution in [0.5, 0.6) is 0 Å². The van der Waals surface area contributed by atoms with Gasteiger partial charge in [-0.05, 0) is 24.1 Å². The fraction of sp³-hybridized carbons (Fsp3) is 0.400. The maximum Gasteiger partial charge on any atom is 0.106 e. The third-order valence-electron chi connectivity index (χ3n) is 3.51. The minimum atomic E-state index is 0.506. The Hall–Kier alpha value is -1.26. The molecule has 0 amide bonds. The Morgan fingerprint density at radius 3 is 3.21 bits per heavy atom. The van der Waals surface area contributed by atoms with Gasteiger partial charge < -0.3 is 10.3 Å². The normalized spacial score (nSPS) is 18.2. The minimum Gasteiger partial charge on any atom is -0.349 e. The Kier molecular flexibility index (Phi) is 4.20. The fourth-order valence-electron chi connectivity index (χ4n) is 2.52. The molecule has 0 fully saturated rings. The van der Waals surface area contributed by atoms with Crippen molar-refractivity contribution in [1.82, 2.24) is 15.3 Å². The summed E-state index contributed by atoms with van der Waals surface area (Å²) in [5.41, 5.74) is 2.97. The van der Waals surface area contributed by atoms with Crippen LogP contribution in [0.15, 0.2) is 36.7 Å². The number of aromatic amines is 1. The van der Waals surface area contributed by atoms with Gasteiger partial charge in [-0.1, -0.05) is 24.3 Å². The molecule has 0 bridgehead atoms. The monoisotopic (exact) mass is 273 g/mol. The number of nitrogens with one attached hydrogen (secondary N) is 2. The maximum absolute atomic E-state index is 4.25. The van der Waals surface area contributed by atoms with E-state index < -0.39 is 0 Å². The lowest BCUT2D eigenvalue weighted by Gasteiger charge is -2.26. The number of aromatic nitrogens is 2. The molecule has 3 nitrogen and oxygen atoms in total. The summed E-state index contributed by atoms with van der Waals surface area (Å²) in [7, 11) is 0. The summed E-state index contributed by atoms with van der Waals surface area (Å²) in [6.45, 7) is 1.04. The van der Waals surface area contributed by atoms with Crippen molar-refractivity contribution in [3.63, 3.8) is 0 Å². The van der Waals surface area contributed by atoms with E-state index in [1.807, 2.05) is 24.2 Å². The van der Waals surface area contributed by atoms with Crippen molar-refractivity contribution < 1.29 is 0 Å². The lowest BCUT2D eigenvalue weighted by Crippen LogP contribution is -2.27. The Balaban J connectivity index is 1.51. The molecule has 1 unspecified atom stereocenters. The van der Waals surface area contributed by atoms with E-state index in [9.17, 15) is 0 Å². The number of thioether (sulfide) groups is 1. The number of fused-ring (bicyclic) bond motifs is 1. The summed E-state index contributed by atoms with van der Waals surface area (Å²) in [4.78, 5) is 7.40. The second-order valence-corrected chi connectivity index (χ2v) is 5.89. The summed E-state index contributed by atoms with van der Waals surface area (Å²) < 4.78 is 0. The number of nitrogens with zero attached hydrogens (tertiary/aromatic N) is 1. The molecule has 2 aromatic rings. The highest BCUT2D eigenvalue weighted by atomic mass is 32.2. The topological polar surface area (TPSA) is 40.7 Å². The van der Waals surface area contributed by atoms with Crippen molar-refractivity contribution in [1.29, 1.82) is 0 Å². The van der Waals surface area contributed by atoms with Crippen LogP contribution in [0.4, 0.5) is 0 Å². The van der Waals surface area contributed by atoms with E-state index in [-0.39, 0.29) is 0 Å². The zero-order valence-electron chi connectivity index (χ0n) is 10.9. The van der Waals surface area contributed by atoms with Gasteiger partial charge in [0.2, 0.25) is 0 Å². The quantitative estimate of drug-likeness (QED) is 0.823. The third-order valence-corrected chi connectivity index (χ3v) is 4.59. The van der Waals surface area contributed by atoms with Gasteiger partial charge in [0, 0.05) is 36.4 Å². The molecule has 4 heteroatoms. The van der Waals surface area contributed by atoms with Crippen LogP contribution in [0.3, 0.4) is 0 Å². The van der Waals surface area contributed by atoms with Gasteiger partial charge in [0.25, 0.3) is 0 Å². The molecule has 0 spiro atoms. The largest absolute Gasteiger partial charge is 0.349 e. The van der Waals surface area contributed by atoms with Gasteiger partial charge >= 0.3 is 0 Å². The average molecular weight is 273 g/mol. The highest BCUT2D eigenvalue weighted by molar-refractivity contribution is 7.98. The van der Waals surface area contributed by atoms with Crippen molar-refractivity contribution in [3.05, 3.63) is 53.6 Å². The lowest BCUT2D eigenvalue weighted by molar-refractivity contribution is 0.555.